The number of hydrogen-bond donors (Lipinski definition) is 2. The van der Waals surface area contributed by atoms with Crippen LogP contribution in [0.5, 0.6) is 0 Å². The van der Waals surface area contributed by atoms with E-state index in [0.29, 0.717) is 5.56 Å². The molecule has 1 aliphatic heterocycles. The van der Waals surface area contributed by atoms with Gasteiger partial charge in [-0.25, -0.2) is 0 Å². The first-order chi connectivity index (χ1) is 9.86. The van der Waals surface area contributed by atoms with Crippen LogP contribution in [0.2, 0.25) is 0 Å². The van der Waals surface area contributed by atoms with E-state index in [1.165, 1.54) is 0 Å². The number of nitrogens with one attached hydrogen (secondary N) is 2. The fourth-order valence-electron chi connectivity index (χ4n) is 2.41. The maximum Gasteiger partial charge on any atom is 0.471 e. The molecule has 7 heteroatoms. The van der Waals surface area contributed by atoms with Crippen molar-refractivity contribution in [2.75, 3.05) is 6.54 Å². The normalized spacial score (nSPS) is 22.9. The molecule has 1 heterocycles. The smallest absolute Gasteiger partial charge is 0.344 e. The summed E-state index contributed by atoms with van der Waals surface area (Å²) in [5, 5.41) is 5.01. The summed E-state index contributed by atoms with van der Waals surface area (Å²) in [6.07, 6.45) is -3.14. The lowest BCUT2D eigenvalue weighted by Gasteiger charge is -2.27. The predicted molar refractivity (Wildman–Crippen MR) is 74.0 cm³/mol. The van der Waals surface area contributed by atoms with Gasteiger partial charge in [0, 0.05) is 6.54 Å². The predicted octanol–water partition coefficient (Wildman–Crippen LogP) is 2.90. The molecule has 0 bridgehead atoms. The number of halogens is 4. The molecule has 0 aromatic heterocycles. The van der Waals surface area contributed by atoms with Crippen molar-refractivity contribution in [3.8, 4) is 0 Å². The molecule has 0 spiro atoms. The fourth-order valence-corrected chi connectivity index (χ4v) is 2.73. The van der Waals surface area contributed by atoms with Gasteiger partial charge in [0.15, 0.2) is 0 Å². The molecule has 1 fully saturated rings. The first-order valence-corrected chi connectivity index (χ1v) is 7.11. The number of carbonyl (C=O) groups excluding carboxylic acids is 1. The number of alkyl halides is 4. The first kappa shape index (κ1) is 16.1. The third-order valence-electron chi connectivity index (χ3n) is 3.48. The third-order valence-corrected chi connectivity index (χ3v) is 3.82. The molecule has 2 N–H and O–H groups in total. The van der Waals surface area contributed by atoms with Crippen molar-refractivity contribution in [1.29, 1.82) is 0 Å². The zero-order valence-corrected chi connectivity index (χ0v) is 12.0. The molecule has 1 aliphatic rings. The van der Waals surface area contributed by atoms with Crippen LogP contribution < -0.4 is 10.6 Å². The molecule has 2 unspecified atom stereocenters. The zero-order chi connectivity index (χ0) is 15.5. The number of piperidine rings is 1. The average Bonchev–Trinajstić information content (AvgIpc) is 2.44. The summed E-state index contributed by atoms with van der Waals surface area (Å²) in [7, 11) is 0. The number of hydrogen-bond acceptors (Lipinski definition) is 2. The van der Waals surface area contributed by atoms with Crippen LogP contribution in [0.1, 0.15) is 29.9 Å². The van der Waals surface area contributed by atoms with E-state index in [1.807, 2.05) is 17.4 Å². The first-order valence-electron chi connectivity index (χ1n) is 6.67. The maximum atomic E-state index is 12.1. The molecule has 2 atom stereocenters. The molecule has 0 saturated carbocycles. The van der Waals surface area contributed by atoms with Crippen molar-refractivity contribution in [2.45, 2.75) is 37.0 Å². The number of amides is 1. The maximum absolute atomic E-state index is 12.1. The molecule has 0 radical (unpaired) electrons. The molecule has 1 aromatic carbocycles. The Morgan fingerprint density at radius 3 is 2.86 bits per heavy atom. The second-order valence-corrected chi connectivity index (χ2v) is 5.60. The molecule has 1 amide bonds. The van der Waals surface area contributed by atoms with Gasteiger partial charge < -0.3 is 10.6 Å². The van der Waals surface area contributed by atoms with Crippen LogP contribution in [0, 0.1) is 0 Å². The summed E-state index contributed by atoms with van der Waals surface area (Å²) in [6.45, 7) is 0.676. The van der Waals surface area contributed by atoms with Gasteiger partial charge in [0.05, 0.1) is 5.50 Å². The highest BCUT2D eigenvalue weighted by Crippen LogP contribution is 2.29. The largest absolute Gasteiger partial charge is 0.471 e. The summed E-state index contributed by atoms with van der Waals surface area (Å²) >= 11 is 6.06. The molecule has 1 saturated heterocycles. The average molecular weight is 321 g/mol. The second kappa shape index (κ2) is 6.66. The lowest BCUT2D eigenvalue weighted by molar-refractivity contribution is -0.173. The second-order valence-electron chi connectivity index (χ2n) is 5.07. The van der Waals surface area contributed by atoms with Gasteiger partial charge in [-0.05, 0) is 36.4 Å². The lowest BCUT2D eigenvalue weighted by Crippen LogP contribution is -2.36. The summed E-state index contributed by atoms with van der Waals surface area (Å²) < 4.78 is 36.4. The molecule has 2 rings (SSSR count). The Hall–Kier alpha value is -1.27. The molecule has 116 valence electrons. The Kier molecular flexibility index (Phi) is 5.11. The van der Waals surface area contributed by atoms with E-state index in [2.05, 4.69) is 5.32 Å². The molecule has 21 heavy (non-hydrogen) atoms. The Balaban J connectivity index is 1.99. The van der Waals surface area contributed by atoms with E-state index in [0.717, 1.165) is 24.9 Å². The Morgan fingerprint density at radius 2 is 2.19 bits per heavy atom. The van der Waals surface area contributed by atoms with Gasteiger partial charge in [-0.2, -0.15) is 13.2 Å². The lowest BCUT2D eigenvalue weighted by atomic mass is 9.89. The van der Waals surface area contributed by atoms with E-state index in [4.69, 9.17) is 11.6 Å². The standard InChI is InChI=1S/C14H16ClF3N2O/c15-12-7-11(4-5-19-12)10-3-1-2-9(6-10)8-20-13(21)14(16,17)18/h1-3,6,11-12,19H,4-5,7-8H2,(H,20,21). The van der Waals surface area contributed by atoms with Crippen molar-refractivity contribution < 1.29 is 18.0 Å². The van der Waals surface area contributed by atoms with Gasteiger partial charge in [0.1, 0.15) is 0 Å². The van der Waals surface area contributed by atoms with Gasteiger partial charge in [0.25, 0.3) is 0 Å². The molecule has 0 aliphatic carbocycles. The van der Waals surface area contributed by atoms with Crippen LogP contribution in [0.3, 0.4) is 0 Å². The number of carbonyl (C=O) groups is 1. The van der Waals surface area contributed by atoms with Gasteiger partial charge in [-0.3, -0.25) is 4.79 Å². The minimum atomic E-state index is -4.85. The van der Waals surface area contributed by atoms with Gasteiger partial charge in [0.2, 0.25) is 0 Å². The minimum Gasteiger partial charge on any atom is -0.344 e. The fraction of sp³-hybridized carbons (Fsp3) is 0.500. The third kappa shape index (κ3) is 4.61. The Labute approximate surface area is 125 Å². The van der Waals surface area contributed by atoms with Crippen molar-refractivity contribution in [3.63, 3.8) is 0 Å². The van der Waals surface area contributed by atoms with Gasteiger partial charge in [-0.15, -0.1) is 11.6 Å². The molecular weight excluding hydrogens is 305 g/mol. The number of rotatable bonds is 3. The van der Waals surface area contributed by atoms with E-state index in [9.17, 15) is 18.0 Å². The van der Waals surface area contributed by atoms with Gasteiger partial charge in [-0.1, -0.05) is 24.3 Å². The van der Waals surface area contributed by atoms with E-state index >= 15 is 0 Å². The quantitative estimate of drug-likeness (QED) is 0.664. The van der Waals surface area contributed by atoms with E-state index < -0.39 is 12.1 Å². The highest BCUT2D eigenvalue weighted by molar-refractivity contribution is 6.20. The summed E-state index contributed by atoms with van der Waals surface area (Å²) in [6, 6.07) is 7.25. The van der Waals surface area contributed by atoms with Crippen LogP contribution in [-0.4, -0.2) is 24.1 Å². The van der Waals surface area contributed by atoms with Crippen LogP contribution in [-0.2, 0) is 11.3 Å². The molecule has 3 nitrogen and oxygen atoms in total. The van der Waals surface area contributed by atoms with Crippen molar-refractivity contribution in [2.24, 2.45) is 0 Å². The van der Waals surface area contributed by atoms with Crippen LogP contribution in [0.25, 0.3) is 0 Å². The number of benzene rings is 1. The van der Waals surface area contributed by atoms with Crippen molar-refractivity contribution >= 4 is 17.5 Å². The van der Waals surface area contributed by atoms with Crippen molar-refractivity contribution in [1.82, 2.24) is 10.6 Å². The van der Waals surface area contributed by atoms with Crippen molar-refractivity contribution in [3.05, 3.63) is 35.4 Å². The highest BCUT2D eigenvalue weighted by Gasteiger charge is 2.38. The summed E-state index contributed by atoms with van der Waals surface area (Å²) in [5.74, 6) is -1.64. The van der Waals surface area contributed by atoms with Gasteiger partial charge >= 0.3 is 12.1 Å². The van der Waals surface area contributed by atoms with E-state index in [1.54, 1.807) is 12.1 Å². The minimum absolute atomic E-state index is 0.0858. The van der Waals surface area contributed by atoms with Crippen LogP contribution in [0.4, 0.5) is 13.2 Å². The summed E-state index contributed by atoms with van der Waals surface area (Å²) in [5.41, 5.74) is 1.60. The Bertz CT molecular complexity index is 507. The Morgan fingerprint density at radius 1 is 1.43 bits per heavy atom. The summed E-state index contributed by atoms with van der Waals surface area (Å²) in [4.78, 5) is 10.8. The monoisotopic (exact) mass is 320 g/mol. The molecular formula is C14H16ClF3N2O. The topological polar surface area (TPSA) is 41.1 Å². The highest BCUT2D eigenvalue weighted by atomic mass is 35.5. The molecule has 1 aromatic rings. The zero-order valence-electron chi connectivity index (χ0n) is 11.2. The SMILES string of the molecule is O=C(NCc1cccc(C2CCNC(Cl)C2)c1)C(F)(F)F. The van der Waals surface area contributed by atoms with Crippen LogP contribution >= 0.6 is 11.6 Å². The van der Waals surface area contributed by atoms with E-state index in [-0.39, 0.29) is 18.0 Å². The van der Waals surface area contributed by atoms with Crippen LogP contribution in [0.15, 0.2) is 24.3 Å².